The number of nitrogens with zero attached hydrogens (tertiary/aromatic N) is 1. The van der Waals surface area contributed by atoms with Crippen LogP contribution in [-0.2, 0) is 6.42 Å². The fraction of sp³-hybridized carbons (Fsp3) is 0.167. The van der Waals surface area contributed by atoms with Crippen LogP contribution >= 0.6 is 34.3 Å². The molecule has 0 aliphatic heterocycles. The Kier molecular flexibility index (Phi) is 2.97. The molecule has 0 amide bonds. The van der Waals surface area contributed by atoms with E-state index in [1.165, 1.54) is 22.7 Å². The van der Waals surface area contributed by atoms with Crippen molar-refractivity contribution in [3.63, 3.8) is 0 Å². The highest BCUT2D eigenvalue weighted by Gasteiger charge is 2.09. The minimum atomic E-state index is -0.0589. The fourth-order valence-electron chi connectivity index (χ4n) is 1.83. The lowest BCUT2D eigenvalue weighted by molar-refractivity contribution is 0.989. The van der Waals surface area contributed by atoms with Crippen molar-refractivity contribution in [2.75, 3.05) is 0 Å². The number of fused-ring (bicyclic) bond motifs is 1. The lowest BCUT2D eigenvalue weighted by atomic mass is 10.2. The molecule has 6 heteroatoms. The van der Waals surface area contributed by atoms with Gasteiger partial charge in [-0.2, -0.15) is 0 Å². The molecule has 0 fully saturated rings. The van der Waals surface area contributed by atoms with Crippen LogP contribution in [0.15, 0.2) is 22.3 Å². The van der Waals surface area contributed by atoms with Crippen molar-refractivity contribution in [3.05, 3.63) is 48.5 Å². The first-order valence-electron chi connectivity index (χ1n) is 5.34. The van der Waals surface area contributed by atoms with Crippen molar-refractivity contribution >= 4 is 44.5 Å². The van der Waals surface area contributed by atoms with Gasteiger partial charge >= 0.3 is 0 Å². The zero-order chi connectivity index (χ0) is 12.7. The highest BCUT2D eigenvalue weighted by molar-refractivity contribution is 7.17. The normalized spacial score (nSPS) is 11.2. The van der Waals surface area contributed by atoms with E-state index in [4.69, 9.17) is 11.6 Å². The third-order valence-electron chi connectivity index (χ3n) is 2.65. The van der Waals surface area contributed by atoms with Gasteiger partial charge in [0.1, 0.15) is 10.7 Å². The number of halogens is 1. The van der Waals surface area contributed by atoms with Crippen molar-refractivity contribution in [1.82, 2.24) is 9.97 Å². The average Bonchev–Trinajstić information content (AvgIpc) is 2.86. The van der Waals surface area contributed by atoms with Gasteiger partial charge in [-0.1, -0.05) is 11.6 Å². The molecule has 0 bridgehead atoms. The van der Waals surface area contributed by atoms with Gasteiger partial charge in [0.05, 0.1) is 9.72 Å². The van der Waals surface area contributed by atoms with Gasteiger partial charge < -0.3 is 4.98 Å². The Bertz CT molecular complexity index is 772. The smallest absolute Gasteiger partial charge is 0.259 e. The summed E-state index contributed by atoms with van der Waals surface area (Å²) in [5.74, 6) is 0.688. The van der Waals surface area contributed by atoms with E-state index in [2.05, 4.69) is 9.97 Å². The predicted molar refractivity (Wildman–Crippen MR) is 77.1 cm³/mol. The van der Waals surface area contributed by atoms with E-state index in [0.717, 1.165) is 19.6 Å². The Morgan fingerprint density at radius 2 is 2.28 bits per heavy atom. The monoisotopic (exact) mass is 296 g/mol. The number of rotatable bonds is 2. The van der Waals surface area contributed by atoms with Crippen LogP contribution in [0.2, 0.25) is 4.34 Å². The minimum Gasteiger partial charge on any atom is -0.310 e. The maximum absolute atomic E-state index is 12.0. The van der Waals surface area contributed by atoms with Gasteiger partial charge in [-0.15, -0.1) is 22.7 Å². The topological polar surface area (TPSA) is 45.8 Å². The summed E-state index contributed by atoms with van der Waals surface area (Å²) >= 11 is 8.89. The number of hydrogen-bond donors (Lipinski definition) is 1. The molecular formula is C12H9ClN2OS2. The van der Waals surface area contributed by atoms with Crippen LogP contribution in [0.4, 0.5) is 0 Å². The molecule has 0 aromatic carbocycles. The Morgan fingerprint density at radius 3 is 3.00 bits per heavy atom. The van der Waals surface area contributed by atoms with Gasteiger partial charge in [-0.25, -0.2) is 4.98 Å². The van der Waals surface area contributed by atoms with E-state index in [0.29, 0.717) is 17.6 Å². The van der Waals surface area contributed by atoms with Crippen LogP contribution < -0.4 is 5.56 Å². The summed E-state index contributed by atoms with van der Waals surface area (Å²) in [6.07, 6.45) is 0.611. The highest BCUT2D eigenvalue weighted by Crippen LogP contribution is 2.24. The molecule has 3 aromatic rings. The molecule has 92 valence electrons. The molecule has 3 nitrogen and oxygen atoms in total. The van der Waals surface area contributed by atoms with E-state index < -0.39 is 0 Å². The quantitative estimate of drug-likeness (QED) is 0.785. The van der Waals surface area contributed by atoms with Crippen molar-refractivity contribution < 1.29 is 0 Å². The zero-order valence-electron chi connectivity index (χ0n) is 9.49. The molecule has 0 spiro atoms. The van der Waals surface area contributed by atoms with Crippen LogP contribution in [0.1, 0.15) is 16.3 Å². The summed E-state index contributed by atoms with van der Waals surface area (Å²) < 4.78 is 0.750. The Labute approximate surface area is 116 Å². The van der Waals surface area contributed by atoms with Crippen LogP contribution in [0, 0.1) is 6.92 Å². The largest absolute Gasteiger partial charge is 0.310 e. The van der Waals surface area contributed by atoms with Crippen LogP contribution in [0.3, 0.4) is 0 Å². The number of H-pyrrole nitrogens is 1. The molecule has 3 heterocycles. The van der Waals surface area contributed by atoms with Gasteiger partial charge in [0.15, 0.2) is 0 Å². The number of hydrogen-bond acceptors (Lipinski definition) is 4. The summed E-state index contributed by atoms with van der Waals surface area (Å²) in [5, 5.41) is 2.66. The number of nitrogens with one attached hydrogen (secondary N) is 1. The second-order valence-electron chi connectivity index (χ2n) is 3.99. The lowest BCUT2D eigenvalue weighted by Crippen LogP contribution is -2.11. The first-order valence-corrected chi connectivity index (χ1v) is 7.42. The summed E-state index contributed by atoms with van der Waals surface area (Å²) in [6.45, 7) is 1.93. The van der Waals surface area contributed by atoms with Crippen molar-refractivity contribution in [2.24, 2.45) is 0 Å². The first-order chi connectivity index (χ1) is 8.63. The maximum Gasteiger partial charge on any atom is 0.259 e. The van der Waals surface area contributed by atoms with Gasteiger partial charge in [-0.3, -0.25) is 4.79 Å². The number of aromatic nitrogens is 2. The van der Waals surface area contributed by atoms with Gasteiger partial charge in [0, 0.05) is 11.3 Å². The molecule has 0 atom stereocenters. The average molecular weight is 297 g/mol. The van der Waals surface area contributed by atoms with Crippen molar-refractivity contribution in [3.8, 4) is 0 Å². The van der Waals surface area contributed by atoms with Crippen LogP contribution in [0.25, 0.3) is 10.2 Å². The SMILES string of the molecule is Cc1csc2nc(Cc3ccc(Cl)s3)[nH]c(=O)c12. The predicted octanol–water partition coefficient (Wildman–Crippen LogP) is 3.60. The molecule has 3 aromatic heterocycles. The second-order valence-corrected chi connectivity index (χ2v) is 6.65. The molecule has 0 unspecified atom stereocenters. The molecular weight excluding hydrogens is 288 g/mol. The molecule has 0 saturated heterocycles. The second kappa shape index (κ2) is 4.50. The van der Waals surface area contributed by atoms with Gasteiger partial charge in [-0.05, 0) is 30.0 Å². The standard InChI is InChI=1S/C12H9ClN2OS2/c1-6-5-17-12-10(6)11(16)14-9(15-12)4-7-2-3-8(13)18-7/h2-3,5H,4H2,1H3,(H,14,15,16). The fourth-order valence-corrected chi connectivity index (χ4v) is 3.86. The number of aryl methyl sites for hydroxylation is 1. The minimum absolute atomic E-state index is 0.0589. The molecule has 1 N–H and O–H groups in total. The van der Waals surface area contributed by atoms with E-state index in [1.807, 2.05) is 24.4 Å². The third-order valence-corrected chi connectivity index (χ3v) is 4.87. The van der Waals surface area contributed by atoms with Crippen LogP contribution in [-0.4, -0.2) is 9.97 Å². The number of thiophene rings is 2. The van der Waals surface area contributed by atoms with E-state index in [1.54, 1.807) is 0 Å². The summed E-state index contributed by atoms with van der Waals surface area (Å²) in [4.78, 5) is 21.2. The van der Waals surface area contributed by atoms with E-state index in [-0.39, 0.29) is 5.56 Å². The zero-order valence-corrected chi connectivity index (χ0v) is 11.9. The van der Waals surface area contributed by atoms with E-state index in [9.17, 15) is 4.79 Å². The third kappa shape index (κ3) is 2.09. The van der Waals surface area contributed by atoms with Crippen molar-refractivity contribution in [1.29, 1.82) is 0 Å². The molecule has 0 radical (unpaired) electrons. The van der Waals surface area contributed by atoms with Gasteiger partial charge in [0.2, 0.25) is 0 Å². The Morgan fingerprint density at radius 1 is 1.44 bits per heavy atom. The number of aromatic amines is 1. The van der Waals surface area contributed by atoms with Gasteiger partial charge in [0.25, 0.3) is 5.56 Å². The molecule has 3 rings (SSSR count). The molecule has 0 aliphatic rings. The lowest BCUT2D eigenvalue weighted by Gasteiger charge is -1.98. The summed E-state index contributed by atoms with van der Waals surface area (Å²) in [7, 11) is 0. The van der Waals surface area contributed by atoms with Crippen LogP contribution in [0.5, 0.6) is 0 Å². The molecule has 18 heavy (non-hydrogen) atoms. The first kappa shape index (κ1) is 11.9. The van der Waals surface area contributed by atoms with Crippen molar-refractivity contribution in [2.45, 2.75) is 13.3 Å². The summed E-state index contributed by atoms with van der Waals surface area (Å²) in [6, 6.07) is 3.81. The Hall–Kier alpha value is -1.17. The molecule has 0 saturated carbocycles. The summed E-state index contributed by atoms with van der Waals surface area (Å²) in [5.41, 5.74) is 0.922. The maximum atomic E-state index is 12.0. The Balaban J connectivity index is 2.05. The highest BCUT2D eigenvalue weighted by atomic mass is 35.5. The van der Waals surface area contributed by atoms with E-state index >= 15 is 0 Å². The molecule has 0 aliphatic carbocycles.